The van der Waals surface area contributed by atoms with Crippen molar-refractivity contribution in [3.8, 4) is 17.2 Å². The number of halogens is 1. The number of aromatic hydroxyl groups is 1. The van der Waals surface area contributed by atoms with E-state index >= 15 is 0 Å². The van der Waals surface area contributed by atoms with Crippen molar-refractivity contribution in [3.05, 3.63) is 22.7 Å². The summed E-state index contributed by atoms with van der Waals surface area (Å²) in [5, 5.41) is 10.0. The Bertz CT molecular complexity index is 405. The number of hydrogen-bond acceptors (Lipinski definition) is 4. The molecule has 0 aliphatic rings. The molecule has 88 valence electrons. The number of methoxy groups -OCH3 is 2. The summed E-state index contributed by atoms with van der Waals surface area (Å²) in [6.07, 6.45) is 3.33. The van der Waals surface area contributed by atoms with Gasteiger partial charge >= 0.3 is 0 Å². The molecule has 0 spiro atoms. The van der Waals surface area contributed by atoms with Crippen molar-refractivity contribution in [3.63, 3.8) is 0 Å². The predicted octanol–water partition coefficient (Wildman–Crippen LogP) is 2.03. The molecule has 0 unspecified atom stereocenters. The highest BCUT2D eigenvalue weighted by molar-refractivity contribution is 6.34. The fourth-order valence-electron chi connectivity index (χ4n) is 1.30. The van der Waals surface area contributed by atoms with Crippen LogP contribution in [0.15, 0.2) is 12.1 Å². The van der Waals surface area contributed by atoms with Crippen molar-refractivity contribution in [2.45, 2.75) is 0 Å². The van der Waals surface area contributed by atoms with Crippen LogP contribution in [-0.4, -0.2) is 25.9 Å². The summed E-state index contributed by atoms with van der Waals surface area (Å²) in [7, 11) is 2.96. The van der Waals surface area contributed by atoms with Gasteiger partial charge in [0.25, 0.3) is 0 Å². The maximum Gasteiger partial charge on any atom is 0.180 e. The maximum absolute atomic E-state index is 9.74. The van der Waals surface area contributed by atoms with Crippen LogP contribution in [0.3, 0.4) is 0 Å². The van der Waals surface area contributed by atoms with Crippen LogP contribution in [-0.2, 0) is 0 Å². The van der Waals surface area contributed by atoms with Crippen molar-refractivity contribution in [1.29, 1.82) is 0 Å². The molecule has 1 aromatic rings. The summed E-state index contributed by atoms with van der Waals surface area (Å²) in [5.74, 6) is 0.792. The van der Waals surface area contributed by atoms with Crippen LogP contribution in [0.4, 0.5) is 0 Å². The highest BCUT2D eigenvalue weighted by atomic mass is 35.5. The largest absolute Gasteiger partial charge is 0.507 e. The van der Waals surface area contributed by atoms with E-state index in [-0.39, 0.29) is 5.75 Å². The molecule has 0 atom stereocenters. The van der Waals surface area contributed by atoms with E-state index in [4.69, 9.17) is 26.8 Å². The lowest BCUT2D eigenvalue weighted by atomic mass is 10.1. The van der Waals surface area contributed by atoms with Crippen LogP contribution in [0.2, 0.25) is 5.02 Å². The van der Waals surface area contributed by atoms with Crippen LogP contribution >= 0.6 is 11.6 Å². The zero-order valence-corrected chi connectivity index (χ0v) is 9.91. The van der Waals surface area contributed by atoms with Gasteiger partial charge in [-0.05, 0) is 0 Å². The SMILES string of the molecule is COc1cc(O)c(/C=C/CN)c(Cl)c1OC. The highest BCUT2D eigenvalue weighted by Crippen LogP contribution is 2.42. The minimum atomic E-state index is 0.0207. The van der Waals surface area contributed by atoms with Gasteiger partial charge in [-0.3, -0.25) is 0 Å². The molecule has 1 rings (SSSR count). The van der Waals surface area contributed by atoms with Gasteiger partial charge in [0.15, 0.2) is 11.5 Å². The van der Waals surface area contributed by atoms with E-state index in [0.717, 1.165) is 0 Å². The molecule has 5 heteroatoms. The Morgan fingerprint density at radius 2 is 2.12 bits per heavy atom. The Hall–Kier alpha value is -1.39. The smallest absolute Gasteiger partial charge is 0.180 e. The summed E-state index contributed by atoms with van der Waals surface area (Å²) >= 11 is 6.08. The Balaban J connectivity index is 3.34. The van der Waals surface area contributed by atoms with Crippen LogP contribution in [0.5, 0.6) is 17.2 Å². The summed E-state index contributed by atoms with van der Waals surface area (Å²) in [6, 6.07) is 1.45. The predicted molar refractivity (Wildman–Crippen MR) is 64.3 cm³/mol. The van der Waals surface area contributed by atoms with Gasteiger partial charge in [-0.2, -0.15) is 0 Å². The molecule has 0 radical (unpaired) electrons. The first-order chi connectivity index (χ1) is 7.65. The highest BCUT2D eigenvalue weighted by Gasteiger charge is 2.15. The lowest BCUT2D eigenvalue weighted by Crippen LogP contribution is -1.95. The molecule has 0 saturated carbocycles. The quantitative estimate of drug-likeness (QED) is 0.849. The summed E-state index contributed by atoms with van der Waals surface area (Å²) in [4.78, 5) is 0. The second-order valence-corrected chi connectivity index (χ2v) is 3.37. The maximum atomic E-state index is 9.74. The number of rotatable bonds is 4. The van der Waals surface area contributed by atoms with Crippen LogP contribution in [0.25, 0.3) is 6.08 Å². The van der Waals surface area contributed by atoms with E-state index in [2.05, 4.69) is 0 Å². The second kappa shape index (κ2) is 5.63. The third-order valence-corrected chi connectivity index (χ3v) is 2.42. The van der Waals surface area contributed by atoms with E-state index < -0.39 is 0 Å². The van der Waals surface area contributed by atoms with Crippen LogP contribution in [0.1, 0.15) is 5.56 Å². The summed E-state index contributed by atoms with van der Waals surface area (Å²) < 4.78 is 10.1. The molecular weight excluding hydrogens is 230 g/mol. The van der Waals surface area contributed by atoms with Gasteiger partial charge in [0, 0.05) is 18.2 Å². The average molecular weight is 244 g/mol. The van der Waals surface area contributed by atoms with Gasteiger partial charge in [-0.1, -0.05) is 23.8 Å². The first kappa shape index (κ1) is 12.7. The van der Waals surface area contributed by atoms with Gasteiger partial charge < -0.3 is 20.3 Å². The monoisotopic (exact) mass is 243 g/mol. The standard InChI is InChI=1S/C11H14ClNO3/c1-15-9-6-8(14)7(4-3-5-13)10(12)11(9)16-2/h3-4,6,14H,5,13H2,1-2H3/b4-3+. The molecule has 1 aromatic carbocycles. The van der Waals surface area contributed by atoms with Crippen LogP contribution < -0.4 is 15.2 Å². The lowest BCUT2D eigenvalue weighted by molar-refractivity contribution is 0.351. The Morgan fingerprint density at radius 1 is 1.44 bits per heavy atom. The van der Waals surface area contributed by atoms with Crippen molar-refractivity contribution in [2.75, 3.05) is 20.8 Å². The Morgan fingerprint density at radius 3 is 2.62 bits per heavy atom. The molecule has 0 aliphatic carbocycles. The minimum Gasteiger partial charge on any atom is -0.507 e. The van der Waals surface area contributed by atoms with Gasteiger partial charge in [-0.25, -0.2) is 0 Å². The number of phenolic OH excluding ortho intramolecular Hbond substituents is 1. The first-order valence-corrected chi connectivity index (χ1v) is 5.03. The average Bonchev–Trinajstić information content (AvgIpc) is 2.28. The Labute approximate surface area is 99.2 Å². The van der Waals surface area contributed by atoms with E-state index in [0.29, 0.717) is 28.6 Å². The molecule has 0 aliphatic heterocycles. The zero-order valence-electron chi connectivity index (χ0n) is 9.16. The Kier molecular flexibility index (Phi) is 4.46. The van der Waals surface area contributed by atoms with Gasteiger partial charge in [0.1, 0.15) is 5.75 Å². The molecule has 16 heavy (non-hydrogen) atoms. The van der Waals surface area contributed by atoms with E-state index in [9.17, 15) is 5.11 Å². The van der Waals surface area contributed by atoms with Gasteiger partial charge in [-0.15, -0.1) is 0 Å². The van der Waals surface area contributed by atoms with Gasteiger partial charge in [0.05, 0.1) is 19.2 Å². The lowest BCUT2D eigenvalue weighted by Gasteiger charge is -2.12. The molecule has 0 saturated heterocycles. The second-order valence-electron chi connectivity index (χ2n) is 3.00. The third kappa shape index (κ3) is 2.40. The molecule has 4 nitrogen and oxygen atoms in total. The zero-order chi connectivity index (χ0) is 12.1. The number of benzene rings is 1. The van der Waals surface area contributed by atoms with Crippen molar-refractivity contribution < 1.29 is 14.6 Å². The molecule has 0 fully saturated rings. The van der Waals surface area contributed by atoms with Crippen molar-refractivity contribution in [2.24, 2.45) is 5.73 Å². The van der Waals surface area contributed by atoms with Gasteiger partial charge in [0.2, 0.25) is 0 Å². The normalized spacial score (nSPS) is 10.8. The van der Waals surface area contributed by atoms with E-state index in [1.807, 2.05) is 0 Å². The molecule has 0 amide bonds. The molecule has 0 aromatic heterocycles. The van der Waals surface area contributed by atoms with E-state index in [1.165, 1.54) is 20.3 Å². The molecule has 0 heterocycles. The number of ether oxygens (including phenoxy) is 2. The molecule has 3 N–H and O–H groups in total. The number of nitrogens with two attached hydrogens (primary N) is 1. The third-order valence-electron chi connectivity index (χ3n) is 2.05. The number of hydrogen-bond donors (Lipinski definition) is 2. The summed E-state index contributed by atoms with van der Waals surface area (Å²) in [6.45, 7) is 0.365. The van der Waals surface area contributed by atoms with Crippen LogP contribution in [0, 0.1) is 0 Å². The first-order valence-electron chi connectivity index (χ1n) is 4.65. The summed E-state index contributed by atoms with van der Waals surface area (Å²) in [5.41, 5.74) is 5.80. The molecular formula is C11H14ClNO3. The molecule has 0 bridgehead atoms. The fourth-order valence-corrected chi connectivity index (χ4v) is 1.63. The topological polar surface area (TPSA) is 64.7 Å². The van der Waals surface area contributed by atoms with Crippen molar-refractivity contribution >= 4 is 17.7 Å². The fraction of sp³-hybridized carbons (Fsp3) is 0.273. The minimum absolute atomic E-state index is 0.0207. The van der Waals surface area contributed by atoms with E-state index in [1.54, 1.807) is 12.2 Å². The number of phenols is 1. The van der Waals surface area contributed by atoms with Crippen molar-refractivity contribution in [1.82, 2.24) is 0 Å².